The zero-order chi connectivity index (χ0) is 16.5. The van der Waals surface area contributed by atoms with Crippen molar-refractivity contribution in [1.29, 1.82) is 0 Å². The number of pyridine rings is 1. The third kappa shape index (κ3) is 2.99. The van der Waals surface area contributed by atoms with Crippen LogP contribution in [0.4, 0.5) is 0 Å². The number of fused-ring (bicyclic) bond motifs is 1. The van der Waals surface area contributed by atoms with Crippen LogP contribution >= 0.6 is 15.9 Å². The fourth-order valence-electron chi connectivity index (χ4n) is 2.77. The highest BCUT2D eigenvalue weighted by Gasteiger charge is 2.33. The van der Waals surface area contributed by atoms with Crippen molar-refractivity contribution >= 4 is 32.7 Å². The van der Waals surface area contributed by atoms with Crippen molar-refractivity contribution in [3.8, 4) is 5.88 Å². The van der Waals surface area contributed by atoms with Crippen molar-refractivity contribution in [1.82, 2.24) is 9.88 Å². The number of benzene rings is 2. The first-order valence-electron chi connectivity index (χ1n) is 7.76. The van der Waals surface area contributed by atoms with Gasteiger partial charge in [0.1, 0.15) is 6.10 Å². The van der Waals surface area contributed by atoms with Gasteiger partial charge in [-0.05, 0) is 30.3 Å². The predicted molar refractivity (Wildman–Crippen MR) is 96.2 cm³/mol. The molecule has 0 atom stereocenters. The minimum Gasteiger partial charge on any atom is -0.471 e. The Balaban J connectivity index is 1.39. The number of para-hydroxylation sites is 1. The normalized spacial score (nSPS) is 14.5. The van der Waals surface area contributed by atoms with Gasteiger partial charge in [-0.25, -0.2) is 4.98 Å². The fourth-order valence-corrected chi connectivity index (χ4v) is 3.17. The Morgan fingerprint density at radius 1 is 1.08 bits per heavy atom. The van der Waals surface area contributed by atoms with Gasteiger partial charge in [-0.15, -0.1) is 0 Å². The Morgan fingerprint density at radius 3 is 2.75 bits per heavy atom. The Bertz CT molecular complexity index is 907. The van der Waals surface area contributed by atoms with Crippen molar-refractivity contribution in [2.45, 2.75) is 6.10 Å². The van der Waals surface area contributed by atoms with Crippen molar-refractivity contribution in [2.75, 3.05) is 13.1 Å². The van der Waals surface area contributed by atoms with Crippen molar-refractivity contribution in [3.63, 3.8) is 0 Å². The molecule has 120 valence electrons. The smallest absolute Gasteiger partial charge is 0.254 e. The second-order valence-corrected chi connectivity index (χ2v) is 6.72. The van der Waals surface area contributed by atoms with Crippen LogP contribution in [-0.2, 0) is 0 Å². The lowest BCUT2D eigenvalue weighted by Gasteiger charge is -2.38. The molecule has 1 aliphatic rings. The highest BCUT2D eigenvalue weighted by atomic mass is 79.9. The molecule has 24 heavy (non-hydrogen) atoms. The number of hydrogen-bond acceptors (Lipinski definition) is 3. The van der Waals surface area contributed by atoms with Gasteiger partial charge in [-0.3, -0.25) is 4.79 Å². The molecule has 5 heteroatoms. The van der Waals surface area contributed by atoms with E-state index in [9.17, 15) is 4.79 Å². The van der Waals surface area contributed by atoms with Gasteiger partial charge in [0.25, 0.3) is 5.91 Å². The second-order valence-electron chi connectivity index (χ2n) is 5.80. The molecule has 0 radical (unpaired) electrons. The lowest BCUT2D eigenvalue weighted by Crippen LogP contribution is -2.56. The van der Waals surface area contributed by atoms with Gasteiger partial charge in [0.2, 0.25) is 5.88 Å². The molecule has 0 saturated carbocycles. The molecule has 4 rings (SSSR count). The number of hydrogen-bond donors (Lipinski definition) is 0. The summed E-state index contributed by atoms with van der Waals surface area (Å²) in [7, 11) is 0. The number of carbonyl (C=O) groups excluding carboxylic acids is 1. The van der Waals surface area contributed by atoms with Crippen LogP contribution < -0.4 is 4.74 Å². The minimum absolute atomic E-state index is 0.00485. The molecule has 1 aromatic heterocycles. The van der Waals surface area contributed by atoms with Crippen LogP contribution in [0.15, 0.2) is 65.1 Å². The lowest BCUT2D eigenvalue weighted by atomic mass is 10.1. The fraction of sp³-hybridized carbons (Fsp3) is 0.158. The summed E-state index contributed by atoms with van der Waals surface area (Å²) in [5.41, 5.74) is 1.60. The van der Waals surface area contributed by atoms with E-state index in [0.717, 1.165) is 15.4 Å². The van der Waals surface area contributed by atoms with Gasteiger partial charge in [-0.2, -0.15) is 0 Å². The molecule has 1 fully saturated rings. The van der Waals surface area contributed by atoms with E-state index in [-0.39, 0.29) is 12.0 Å². The molecule has 0 bridgehead atoms. The molecule has 0 unspecified atom stereocenters. The average Bonchev–Trinajstić information content (AvgIpc) is 2.57. The Labute approximate surface area is 148 Å². The number of aromatic nitrogens is 1. The summed E-state index contributed by atoms with van der Waals surface area (Å²) in [6.07, 6.45) is -0.00485. The maximum atomic E-state index is 12.4. The van der Waals surface area contributed by atoms with E-state index >= 15 is 0 Å². The maximum Gasteiger partial charge on any atom is 0.254 e. The van der Waals surface area contributed by atoms with E-state index in [1.165, 1.54) is 0 Å². The van der Waals surface area contributed by atoms with Gasteiger partial charge >= 0.3 is 0 Å². The van der Waals surface area contributed by atoms with Gasteiger partial charge in [0, 0.05) is 21.5 Å². The first-order valence-corrected chi connectivity index (χ1v) is 8.56. The molecule has 1 saturated heterocycles. The van der Waals surface area contributed by atoms with E-state index in [4.69, 9.17) is 4.74 Å². The van der Waals surface area contributed by atoms with Crippen molar-refractivity contribution in [2.24, 2.45) is 0 Å². The third-order valence-corrected chi connectivity index (χ3v) is 4.56. The number of nitrogens with zero attached hydrogens (tertiary/aromatic N) is 2. The Hall–Kier alpha value is -2.40. The summed E-state index contributed by atoms with van der Waals surface area (Å²) in [6.45, 7) is 1.17. The molecule has 0 aliphatic carbocycles. The summed E-state index contributed by atoms with van der Waals surface area (Å²) < 4.78 is 6.79. The van der Waals surface area contributed by atoms with Crippen LogP contribution in [0.2, 0.25) is 0 Å². The number of carbonyl (C=O) groups is 1. The molecular weight excluding hydrogens is 368 g/mol. The van der Waals surface area contributed by atoms with E-state index in [0.29, 0.717) is 24.5 Å². The lowest BCUT2D eigenvalue weighted by molar-refractivity contribution is 0.0161. The molecule has 2 aromatic carbocycles. The quantitative estimate of drug-likeness (QED) is 0.689. The van der Waals surface area contributed by atoms with Crippen molar-refractivity contribution < 1.29 is 9.53 Å². The highest BCUT2D eigenvalue weighted by molar-refractivity contribution is 9.10. The predicted octanol–water partition coefficient (Wildman–Crippen LogP) is 3.90. The molecular formula is C19H15BrN2O2. The molecule has 1 amide bonds. The van der Waals surface area contributed by atoms with Crippen LogP contribution in [-0.4, -0.2) is 35.0 Å². The SMILES string of the molecule is O=C(c1cccc(Br)c1)N1CC(Oc2ccc3ccccc3n2)C1. The molecule has 0 spiro atoms. The van der Waals surface area contributed by atoms with E-state index in [2.05, 4.69) is 20.9 Å². The zero-order valence-electron chi connectivity index (χ0n) is 12.9. The Kier molecular flexibility index (Phi) is 3.94. The van der Waals surface area contributed by atoms with E-state index < -0.39 is 0 Å². The minimum atomic E-state index is -0.00485. The monoisotopic (exact) mass is 382 g/mol. The van der Waals surface area contributed by atoms with Gasteiger partial charge in [-0.1, -0.05) is 40.2 Å². The standard InChI is InChI=1S/C19H15BrN2O2/c20-15-6-3-5-14(10-15)19(23)22-11-16(12-22)24-18-9-8-13-4-1-2-7-17(13)21-18/h1-10,16H,11-12H2. The van der Waals surface area contributed by atoms with Crippen LogP contribution in [0, 0.1) is 0 Å². The Morgan fingerprint density at radius 2 is 1.92 bits per heavy atom. The largest absolute Gasteiger partial charge is 0.471 e. The van der Waals surface area contributed by atoms with E-state index in [1.807, 2.05) is 60.7 Å². The topological polar surface area (TPSA) is 42.4 Å². The van der Waals surface area contributed by atoms with Gasteiger partial charge in [0.15, 0.2) is 0 Å². The third-order valence-electron chi connectivity index (χ3n) is 4.07. The van der Waals surface area contributed by atoms with Gasteiger partial charge < -0.3 is 9.64 Å². The van der Waals surface area contributed by atoms with Crippen LogP contribution in [0.25, 0.3) is 10.9 Å². The first kappa shape index (κ1) is 15.1. The molecule has 0 N–H and O–H groups in total. The molecule has 3 aromatic rings. The van der Waals surface area contributed by atoms with Crippen LogP contribution in [0.1, 0.15) is 10.4 Å². The van der Waals surface area contributed by atoms with E-state index in [1.54, 1.807) is 4.90 Å². The number of amides is 1. The van der Waals surface area contributed by atoms with Gasteiger partial charge in [0.05, 0.1) is 18.6 Å². The molecule has 4 nitrogen and oxygen atoms in total. The summed E-state index contributed by atoms with van der Waals surface area (Å²) in [6, 6.07) is 19.2. The van der Waals surface area contributed by atoms with Crippen LogP contribution in [0.5, 0.6) is 5.88 Å². The second kappa shape index (κ2) is 6.24. The summed E-state index contributed by atoms with van der Waals surface area (Å²) in [5.74, 6) is 0.635. The highest BCUT2D eigenvalue weighted by Crippen LogP contribution is 2.22. The van der Waals surface area contributed by atoms with Crippen LogP contribution in [0.3, 0.4) is 0 Å². The first-order chi connectivity index (χ1) is 11.7. The summed E-state index contributed by atoms with van der Waals surface area (Å²) in [5, 5.41) is 1.09. The molecule has 2 heterocycles. The number of halogens is 1. The maximum absolute atomic E-state index is 12.4. The number of rotatable bonds is 3. The zero-order valence-corrected chi connectivity index (χ0v) is 14.4. The number of likely N-dealkylation sites (tertiary alicyclic amines) is 1. The summed E-state index contributed by atoms with van der Waals surface area (Å²) in [4.78, 5) is 18.7. The number of ether oxygens (including phenoxy) is 1. The average molecular weight is 383 g/mol. The van der Waals surface area contributed by atoms with Crippen molar-refractivity contribution in [3.05, 3.63) is 70.7 Å². The molecule has 1 aliphatic heterocycles. The summed E-state index contributed by atoms with van der Waals surface area (Å²) >= 11 is 3.39.